The molecule has 0 radical (unpaired) electrons. The first-order valence-electron chi connectivity index (χ1n) is 8.31. The van der Waals surface area contributed by atoms with E-state index in [-0.39, 0.29) is 5.44 Å². The number of ether oxygens (including phenoxy) is 1. The molecule has 6 unspecified atom stereocenters. The lowest BCUT2D eigenvalue weighted by Crippen LogP contribution is -2.58. The van der Waals surface area contributed by atoms with Crippen LogP contribution in [0.3, 0.4) is 0 Å². The van der Waals surface area contributed by atoms with Crippen LogP contribution >= 0.6 is 11.8 Å². The van der Waals surface area contributed by atoms with Gasteiger partial charge in [0.2, 0.25) is 0 Å². The standard InChI is InChI=1S/C15H26N2O4S/c1-2-3-6-9(18)13-12(20)11(19)10-14(21-13)22-15(16-10)17-7-4-5-8-17/h9-14,18-20H,2-8H2,1H3. The third-order valence-corrected chi connectivity index (χ3v) is 5.89. The van der Waals surface area contributed by atoms with Crippen molar-refractivity contribution in [3.05, 3.63) is 0 Å². The number of aliphatic hydroxyl groups is 3. The lowest BCUT2D eigenvalue weighted by Gasteiger charge is -2.40. The van der Waals surface area contributed by atoms with E-state index in [1.165, 1.54) is 24.6 Å². The number of rotatable bonds is 4. The Bertz CT molecular complexity index is 416. The van der Waals surface area contributed by atoms with Crippen molar-refractivity contribution in [1.29, 1.82) is 0 Å². The van der Waals surface area contributed by atoms with Gasteiger partial charge < -0.3 is 25.0 Å². The van der Waals surface area contributed by atoms with Crippen LogP contribution in [-0.2, 0) is 4.74 Å². The molecule has 0 aromatic carbocycles. The molecule has 0 aromatic heterocycles. The van der Waals surface area contributed by atoms with Crippen LogP contribution in [0.1, 0.15) is 39.0 Å². The van der Waals surface area contributed by atoms with E-state index in [9.17, 15) is 15.3 Å². The number of amidine groups is 1. The second-order valence-corrected chi connectivity index (χ2v) is 7.44. The van der Waals surface area contributed by atoms with Crippen LogP contribution < -0.4 is 0 Å². The Kier molecular flexibility index (Phi) is 5.29. The fraction of sp³-hybridized carbons (Fsp3) is 0.933. The van der Waals surface area contributed by atoms with Crippen LogP contribution in [0.5, 0.6) is 0 Å². The van der Waals surface area contributed by atoms with Gasteiger partial charge >= 0.3 is 0 Å². The normalized spacial score (nSPS) is 39.7. The van der Waals surface area contributed by atoms with Gasteiger partial charge in [-0.3, -0.25) is 4.99 Å². The summed E-state index contributed by atoms with van der Waals surface area (Å²) in [6.07, 6.45) is 1.21. The Labute approximate surface area is 135 Å². The van der Waals surface area contributed by atoms with Gasteiger partial charge in [-0.05, 0) is 19.3 Å². The van der Waals surface area contributed by atoms with Crippen molar-refractivity contribution in [3.8, 4) is 0 Å². The van der Waals surface area contributed by atoms with Crippen LogP contribution in [0.15, 0.2) is 4.99 Å². The Morgan fingerprint density at radius 2 is 2.05 bits per heavy atom. The first kappa shape index (κ1) is 16.5. The molecule has 0 spiro atoms. The molecule has 3 aliphatic rings. The molecule has 0 bridgehead atoms. The highest BCUT2D eigenvalue weighted by Crippen LogP contribution is 2.39. The minimum Gasteiger partial charge on any atom is -0.390 e. The average molecular weight is 330 g/mol. The molecular weight excluding hydrogens is 304 g/mol. The number of nitrogens with zero attached hydrogens (tertiary/aromatic N) is 2. The number of aliphatic imine (C=N–C) groups is 1. The monoisotopic (exact) mass is 330 g/mol. The topological polar surface area (TPSA) is 85.5 Å². The van der Waals surface area contributed by atoms with Crippen molar-refractivity contribution in [2.75, 3.05) is 13.1 Å². The van der Waals surface area contributed by atoms with E-state index in [1.54, 1.807) is 0 Å². The van der Waals surface area contributed by atoms with Gasteiger partial charge in [-0.15, -0.1) is 0 Å². The van der Waals surface area contributed by atoms with Crippen LogP contribution in [0.4, 0.5) is 0 Å². The van der Waals surface area contributed by atoms with Crippen molar-refractivity contribution >= 4 is 16.9 Å². The molecule has 3 heterocycles. The van der Waals surface area contributed by atoms with Crippen LogP contribution in [0.2, 0.25) is 0 Å². The summed E-state index contributed by atoms with van der Waals surface area (Å²) >= 11 is 1.51. The van der Waals surface area contributed by atoms with Crippen molar-refractivity contribution < 1.29 is 20.1 Å². The predicted octanol–water partition coefficient (Wildman–Crippen LogP) is 0.551. The number of aliphatic hydroxyl groups excluding tert-OH is 3. The van der Waals surface area contributed by atoms with Crippen LogP contribution in [-0.4, -0.2) is 74.4 Å². The average Bonchev–Trinajstić information content (AvgIpc) is 3.16. The number of fused-ring (bicyclic) bond motifs is 1. The Morgan fingerprint density at radius 1 is 1.32 bits per heavy atom. The highest BCUT2D eigenvalue weighted by atomic mass is 32.2. The van der Waals surface area contributed by atoms with Gasteiger partial charge in [-0.2, -0.15) is 0 Å². The highest BCUT2D eigenvalue weighted by Gasteiger charge is 2.50. The summed E-state index contributed by atoms with van der Waals surface area (Å²) < 4.78 is 5.90. The van der Waals surface area contributed by atoms with Gasteiger partial charge in [-0.25, -0.2) is 0 Å². The lowest BCUT2D eigenvalue weighted by molar-refractivity contribution is -0.185. The molecule has 3 rings (SSSR count). The number of hydrogen-bond acceptors (Lipinski definition) is 7. The molecular formula is C15H26N2O4S. The summed E-state index contributed by atoms with van der Waals surface area (Å²) in [5, 5.41) is 31.8. The zero-order valence-electron chi connectivity index (χ0n) is 13.0. The summed E-state index contributed by atoms with van der Waals surface area (Å²) in [5.41, 5.74) is -0.310. The maximum absolute atomic E-state index is 10.4. The Balaban J connectivity index is 1.66. The minimum atomic E-state index is -1.09. The van der Waals surface area contributed by atoms with Gasteiger partial charge in [0.25, 0.3) is 0 Å². The van der Waals surface area contributed by atoms with E-state index >= 15 is 0 Å². The predicted molar refractivity (Wildman–Crippen MR) is 85.8 cm³/mol. The van der Waals surface area contributed by atoms with Gasteiger partial charge in [-0.1, -0.05) is 31.5 Å². The van der Waals surface area contributed by atoms with E-state index < -0.39 is 30.5 Å². The van der Waals surface area contributed by atoms with Crippen LogP contribution in [0, 0.1) is 0 Å². The van der Waals surface area contributed by atoms with E-state index in [0.29, 0.717) is 6.42 Å². The van der Waals surface area contributed by atoms with Gasteiger partial charge in [0.1, 0.15) is 29.8 Å². The second kappa shape index (κ2) is 7.05. The molecule has 3 N–H and O–H groups in total. The number of hydrogen-bond donors (Lipinski definition) is 3. The van der Waals surface area contributed by atoms with E-state index in [1.807, 2.05) is 0 Å². The molecule has 7 heteroatoms. The molecule has 0 aliphatic carbocycles. The third-order valence-electron chi connectivity index (χ3n) is 4.70. The maximum atomic E-state index is 10.4. The third kappa shape index (κ3) is 3.14. The van der Waals surface area contributed by atoms with Gasteiger partial charge in [0.05, 0.1) is 6.10 Å². The lowest BCUT2D eigenvalue weighted by atomic mass is 9.93. The molecule has 3 aliphatic heterocycles. The summed E-state index contributed by atoms with van der Waals surface area (Å²) in [5.74, 6) is 0. The van der Waals surface area contributed by atoms with Gasteiger partial charge in [0.15, 0.2) is 5.17 Å². The Morgan fingerprint density at radius 3 is 2.73 bits per heavy atom. The summed E-state index contributed by atoms with van der Waals surface area (Å²) in [6.45, 7) is 4.04. The molecule has 0 amide bonds. The fourth-order valence-electron chi connectivity index (χ4n) is 3.33. The summed E-state index contributed by atoms with van der Waals surface area (Å²) in [6, 6.07) is -0.440. The first-order chi connectivity index (χ1) is 10.6. The molecule has 0 aromatic rings. The maximum Gasteiger partial charge on any atom is 0.162 e. The van der Waals surface area contributed by atoms with E-state index in [2.05, 4.69) is 16.8 Å². The van der Waals surface area contributed by atoms with Gasteiger partial charge in [0, 0.05) is 13.1 Å². The molecule has 6 nitrogen and oxygen atoms in total. The molecule has 6 atom stereocenters. The Hall–Kier alpha value is -0.340. The summed E-state index contributed by atoms with van der Waals surface area (Å²) in [4.78, 5) is 6.78. The quantitative estimate of drug-likeness (QED) is 0.698. The molecule has 2 fully saturated rings. The first-order valence-corrected chi connectivity index (χ1v) is 9.19. The van der Waals surface area contributed by atoms with Crippen molar-refractivity contribution in [3.63, 3.8) is 0 Å². The van der Waals surface area contributed by atoms with E-state index in [0.717, 1.165) is 31.1 Å². The van der Waals surface area contributed by atoms with E-state index in [4.69, 9.17) is 4.74 Å². The van der Waals surface area contributed by atoms with Crippen LogP contribution in [0.25, 0.3) is 0 Å². The smallest absolute Gasteiger partial charge is 0.162 e. The minimum absolute atomic E-state index is 0.310. The fourth-order valence-corrected chi connectivity index (χ4v) is 4.60. The zero-order valence-corrected chi connectivity index (χ0v) is 13.8. The summed E-state index contributed by atoms with van der Waals surface area (Å²) in [7, 11) is 0. The molecule has 2 saturated heterocycles. The molecule has 22 heavy (non-hydrogen) atoms. The largest absolute Gasteiger partial charge is 0.390 e. The second-order valence-electron chi connectivity index (χ2n) is 6.37. The SMILES string of the molecule is CCCCC(O)C1OC2SC(N3CCCC3)=NC2C(O)C1O. The highest BCUT2D eigenvalue weighted by molar-refractivity contribution is 8.14. The number of thioether (sulfide) groups is 1. The molecule has 126 valence electrons. The molecule has 0 saturated carbocycles. The number of unbranched alkanes of at least 4 members (excludes halogenated alkanes) is 1. The van der Waals surface area contributed by atoms with Crippen molar-refractivity contribution in [1.82, 2.24) is 4.90 Å². The zero-order chi connectivity index (χ0) is 15.7. The number of likely N-dealkylation sites (tertiary alicyclic amines) is 1. The van der Waals surface area contributed by atoms with Crippen molar-refractivity contribution in [2.45, 2.75) is 74.9 Å². The van der Waals surface area contributed by atoms with Crippen molar-refractivity contribution in [2.24, 2.45) is 4.99 Å².